The number of carbonyl (C=O) groups excluding carboxylic acids is 2. The molecular formula is C21H28N4O5. The van der Waals surface area contributed by atoms with Crippen molar-refractivity contribution in [2.45, 2.75) is 54.0 Å². The highest BCUT2D eigenvalue weighted by Gasteiger charge is 2.17. The Kier molecular flexibility index (Phi) is 7.68. The van der Waals surface area contributed by atoms with Crippen molar-refractivity contribution < 1.29 is 19.2 Å². The average molecular weight is 416 g/mol. The molecule has 0 spiro atoms. The van der Waals surface area contributed by atoms with Gasteiger partial charge in [-0.15, -0.1) is 0 Å². The zero-order valence-corrected chi connectivity index (χ0v) is 18.0. The second-order valence-corrected chi connectivity index (χ2v) is 7.64. The molecule has 0 bridgehead atoms. The summed E-state index contributed by atoms with van der Waals surface area (Å²) in [6.07, 6.45) is 0.623. The zero-order valence-electron chi connectivity index (χ0n) is 18.0. The number of esters is 1. The van der Waals surface area contributed by atoms with E-state index in [2.05, 4.69) is 24.3 Å². The number of hydrogen-bond acceptors (Lipinski definition) is 6. The Labute approximate surface area is 175 Å². The minimum Gasteiger partial charge on any atom is -0.456 e. The van der Waals surface area contributed by atoms with Gasteiger partial charge in [0.05, 0.1) is 21.9 Å². The van der Waals surface area contributed by atoms with Crippen LogP contribution in [0.3, 0.4) is 0 Å². The predicted octanol–water partition coefficient (Wildman–Crippen LogP) is 3.49. The van der Waals surface area contributed by atoms with Crippen molar-refractivity contribution in [3.05, 3.63) is 50.8 Å². The third-order valence-electron chi connectivity index (χ3n) is 4.79. The summed E-state index contributed by atoms with van der Waals surface area (Å²) in [6.45, 7) is 10.0. The molecule has 1 aromatic heterocycles. The standard InChI is InChI=1S/C21H28N4O5/c1-13(2)11-24-16(5)17(15(4)23-24)9-10-21(27)30-12-20(26)22-18-7-6-8-19(14(18)3)25(28)29/h6-8,13H,9-12H2,1-5H3,(H,22,26). The number of aromatic nitrogens is 2. The lowest BCUT2D eigenvalue weighted by molar-refractivity contribution is -0.385. The molecule has 0 saturated carbocycles. The van der Waals surface area contributed by atoms with Crippen molar-refractivity contribution in [3.63, 3.8) is 0 Å². The number of amides is 1. The van der Waals surface area contributed by atoms with Crippen LogP contribution in [0.1, 0.15) is 42.8 Å². The fraction of sp³-hybridized carbons (Fsp3) is 0.476. The Balaban J connectivity index is 1.87. The van der Waals surface area contributed by atoms with Gasteiger partial charge in [0.15, 0.2) is 6.61 Å². The maximum atomic E-state index is 12.1. The second-order valence-electron chi connectivity index (χ2n) is 7.64. The Hall–Kier alpha value is -3.23. The third kappa shape index (κ3) is 5.88. The Bertz CT molecular complexity index is 949. The van der Waals surface area contributed by atoms with Gasteiger partial charge in [-0.1, -0.05) is 19.9 Å². The maximum Gasteiger partial charge on any atom is 0.306 e. The van der Waals surface area contributed by atoms with Crippen molar-refractivity contribution in [2.75, 3.05) is 11.9 Å². The summed E-state index contributed by atoms with van der Waals surface area (Å²) >= 11 is 0. The monoisotopic (exact) mass is 416 g/mol. The van der Waals surface area contributed by atoms with Crippen LogP contribution in [-0.2, 0) is 27.3 Å². The summed E-state index contributed by atoms with van der Waals surface area (Å²) in [6, 6.07) is 4.40. The molecule has 0 radical (unpaired) electrons. The number of nitrogens with zero attached hydrogens (tertiary/aromatic N) is 3. The first-order chi connectivity index (χ1) is 14.1. The molecule has 2 aromatic rings. The molecule has 0 unspecified atom stereocenters. The number of ether oxygens (including phenoxy) is 1. The van der Waals surface area contributed by atoms with Crippen molar-refractivity contribution >= 4 is 23.3 Å². The molecule has 30 heavy (non-hydrogen) atoms. The second kappa shape index (κ2) is 10.00. The molecule has 0 atom stereocenters. The van der Waals surface area contributed by atoms with Gasteiger partial charge in [0.25, 0.3) is 11.6 Å². The van der Waals surface area contributed by atoms with Gasteiger partial charge in [-0.3, -0.25) is 24.4 Å². The number of nitro groups is 1. The number of nitro benzene ring substituents is 1. The highest BCUT2D eigenvalue weighted by molar-refractivity contribution is 5.94. The minimum absolute atomic E-state index is 0.0893. The number of hydrogen-bond donors (Lipinski definition) is 1. The van der Waals surface area contributed by atoms with E-state index >= 15 is 0 Å². The van der Waals surface area contributed by atoms with E-state index in [-0.39, 0.29) is 12.1 Å². The van der Waals surface area contributed by atoms with Gasteiger partial charge in [0.1, 0.15) is 0 Å². The van der Waals surface area contributed by atoms with Crippen molar-refractivity contribution in [3.8, 4) is 0 Å². The van der Waals surface area contributed by atoms with Crippen LogP contribution in [0, 0.1) is 36.8 Å². The van der Waals surface area contributed by atoms with Crippen molar-refractivity contribution in [1.82, 2.24) is 9.78 Å². The van der Waals surface area contributed by atoms with Gasteiger partial charge in [0, 0.05) is 24.7 Å². The highest BCUT2D eigenvalue weighted by Crippen LogP contribution is 2.25. The van der Waals surface area contributed by atoms with Gasteiger partial charge in [-0.05, 0) is 44.7 Å². The van der Waals surface area contributed by atoms with Crippen LogP contribution < -0.4 is 5.32 Å². The summed E-state index contributed by atoms with van der Waals surface area (Å²) in [5, 5.41) is 18.1. The SMILES string of the molecule is Cc1nn(CC(C)C)c(C)c1CCC(=O)OCC(=O)Nc1cccc([N+](=O)[O-])c1C. The molecule has 0 aliphatic carbocycles. The van der Waals surface area contributed by atoms with Gasteiger partial charge >= 0.3 is 5.97 Å². The number of benzene rings is 1. The van der Waals surface area contributed by atoms with E-state index in [1.165, 1.54) is 12.1 Å². The largest absolute Gasteiger partial charge is 0.456 e. The lowest BCUT2D eigenvalue weighted by atomic mass is 10.1. The molecule has 0 aliphatic rings. The minimum atomic E-state index is -0.552. The van der Waals surface area contributed by atoms with Gasteiger partial charge in [0.2, 0.25) is 0 Å². The fourth-order valence-electron chi connectivity index (χ4n) is 3.21. The van der Waals surface area contributed by atoms with Crippen LogP contribution >= 0.6 is 0 Å². The van der Waals surface area contributed by atoms with Crippen LogP contribution in [0.4, 0.5) is 11.4 Å². The van der Waals surface area contributed by atoms with E-state index in [4.69, 9.17) is 4.74 Å². The zero-order chi connectivity index (χ0) is 22.4. The Morgan fingerprint density at radius 3 is 2.60 bits per heavy atom. The summed E-state index contributed by atoms with van der Waals surface area (Å²) in [5.41, 5.74) is 3.51. The molecule has 1 N–H and O–H groups in total. The molecule has 1 amide bonds. The van der Waals surface area contributed by atoms with Crippen LogP contribution in [0.15, 0.2) is 18.2 Å². The molecule has 0 fully saturated rings. The van der Waals surface area contributed by atoms with Crippen LogP contribution in [0.2, 0.25) is 0 Å². The van der Waals surface area contributed by atoms with Crippen molar-refractivity contribution in [1.29, 1.82) is 0 Å². The maximum absolute atomic E-state index is 12.1. The lowest BCUT2D eigenvalue weighted by Crippen LogP contribution is -2.21. The summed E-state index contributed by atoms with van der Waals surface area (Å²) < 4.78 is 7.01. The van der Waals surface area contributed by atoms with E-state index in [1.54, 1.807) is 13.0 Å². The van der Waals surface area contributed by atoms with E-state index in [9.17, 15) is 19.7 Å². The molecule has 162 valence electrons. The lowest BCUT2D eigenvalue weighted by Gasteiger charge is -2.09. The molecule has 0 saturated heterocycles. The first-order valence-electron chi connectivity index (χ1n) is 9.82. The molecule has 1 heterocycles. The first-order valence-corrected chi connectivity index (χ1v) is 9.82. The third-order valence-corrected chi connectivity index (χ3v) is 4.79. The van der Waals surface area contributed by atoms with Gasteiger partial charge in [-0.2, -0.15) is 5.10 Å². The predicted molar refractivity (Wildman–Crippen MR) is 112 cm³/mol. The highest BCUT2D eigenvalue weighted by atomic mass is 16.6. The van der Waals surface area contributed by atoms with E-state index < -0.39 is 23.4 Å². The molecule has 9 nitrogen and oxygen atoms in total. The van der Waals surface area contributed by atoms with Crippen molar-refractivity contribution in [2.24, 2.45) is 5.92 Å². The first kappa shape index (κ1) is 23.1. The molecule has 1 aromatic carbocycles. The Morgan fingerprint density at radius 2 is 1.97 bits per heavy atom. The normalized spacial score (nSPS) is 10.9. The smallest absolute Gasteiger partial charge is 0.306 e. The van der Waals surface area contributed by atoms with Crippen LogP contribution in [0.25, 0.3) is 0 Å². The summed E-state index contributed by atoms with van der Waals surface area (Å²) in [4.78, 5) is 34.6. The molecular weight excluding hydrogens is 388 g/mol. The molecule has 9 heteroatoms. The summed E-state index contributed by atoms with van der Waals surface area (Å²) in [7, 11) is 0. The van der Waals surface area contributed by atoms with Gasteiger partial charge < -0.3 is 10.1 Å². The summed E-state index contributed by atoms with van der Waals surface area (Å²) in [5.74, 6) is -0.575. The van der Waals surface area contributed by atoms with Crippen LogP contribution in [-0.4, -0.2) is 33.2 Å². The molecule has 2 rings (SSSR count). The quantitative estimate of drug-likeness (QED) is 0.380. The average Bonchev–Trinajstić information content (AvgIpc) is 2.92. The molecule has 0 aliphatic heterocycles. The topological polar surface area (TPSA) is 116 Å². The van der Waals surface area contributed by atoms with Gasteiger partial charge in [-0.25, -0.2) is 0 Å². The van der Waals surface area contributed by atoms with E-state index in [0.717, 1.165) is 23.5 Å². The Morgan fingerprint density at radius 1 is 1.27 bits per heavy atom. The number of carbonyl (C=O) groups is 2. The van der Waals surface area contributed by atoms with Crippen LogP contribution in [0.5, 0.6) is 0 Å². The number of nitrogens with one attached hydrogen (secondary N) is 1. The number of aryl methyl sites for hydroxylation is 1. The van der Waals surface area contributed by atoms with E-state index in [0.29, 0.717) is 23.6 Å². The van der Waals surface area contributed by atoms with E-state index in [1.807, 2.05) is 18.5 Å². The number of anilines is 1. The fourth-order valence-corrected chi connectivity index (χ4v) is 3.21. The number of rotatable bonds is 9.